The second kappa shape index (κ2) is 6.50. The highest BCUT2D eigenvalue weighted by atomic mass is 16.3. The van der Waals surface area contributed by atoms with Gasteiger partial charge in [-0.3, -0.25) is 5.41 Å². The van der Waals surface area contributed by atoms with Crippen LogP contribution in [0, 0.1) is 16.7 Å². The summed E-state index contributed by atoms with van der Waals surface area (Å²) in [5.41, 5.74) is 3.62. The van der Waals surface area contributed by atoms with Crippen LogP contribution in [0.3, 0.4) is 0 Å². The van der Waals surface area contributed by atoms with E-state index in [2.05, 4.69) is 12.1 Å². The van der Waals surface area contributed by atoms with E-state index in [0.717, 1.165) is 33.7 Å². The van der Waals surface area contributed by atoms with Crippen molar-refractivity contribution in [1.82, 2.24) is 0 Å². The third-order valence-electron chi connectivity index (χ3n) is 4.45. The molecule has 0 saturated heterocycles. The van der Waals surface area contributed by atoms with Gasteiger partial charge in [0.05, 0.1) is 0 Å². The average molecular weight is 355 g/mol. The van der Waals surface area contributed by atoms with Gasteiger partial charge in [0, 0.05) is 36.3 Å². The first-order chi connectivity index (χ1) is 13.0. The van der Waals surface area contributed by atoms with Crippen LogP contribution in [0.15, 0.2) is 69.5 Å². The Bertz CT molecular complexity index is 1230. The first kappa shape index (κ1) is 16.7. The molecule has 4 rings (SSSR count). The zero-order valence-electron chi connectivity index (χ0n) is 15.0. The van der Waals surface area contributed by atoms with Gasteiger partial charge in [-0.05, 0) is 48.5 Å². The van der Waals surface area contributed by atoms with Crippen molar-refractivity contribution >= 4 is 16.7 Å². The highest BCUT2D eigenvalue weighted by molar-refractivity contribution is 5.82. The van der Waals surface area contributed by atoms with Crippen LogP contribution in [0.1, 0.15) is 5.56 Å². The summed E-state index contributed by atoms with van der Waals surface area (Å²) >= 11 is 0. The van der Waals surface area contributed by atoms with Crippen molar-refractivity contribution in [3.05, 3.63) is 71.8 Å². The molecule has 4 aromatic rings. The summed E-state index contributed by atoms with van der Waals surface area (Å²) in [6.45, 7) is 0. The van der Waals surface area contributed by atoms with Crippen LogP contribution < -0.4 is 10.5 Å². The summed E-state index contributed by atoms with van der Waals surface area (Å²) in [6, 6.07) is 21.2. The van der Waals surface area contributed by atoms with Crippen LogP contribution in [0.25, 0.3) is 33.6 Å². The molecule has 0 aliphatic carbocycles. The van der Waals surface area contributed by atoms with Crippen molar-refractivity contribution in [2.75, 3.05) is 19.0 Å². The van der Waals surface area contributed by atoms with E-state index in [1.165, 1.54) is 0 Å². The Kier molecular flexibility index (Phi) is 4.02. The Morgan fingerprint density at radius 1 is 0.852 bits per heavy atom. The van der Waals surface area contributed by atoms with Gasteiger partial charge in [0.2, 0.25) is 5.55 Å². The Labute approximate surface area is 156 Å². The van der Waals surface area contributed by atoms with Crippen LogP contribution in [-0.4, -0.2) is 14.1 Å². The first-order valence-corrected chi connectivity index (χ1v) is 8.46. The minimum absolute atomic E-state index is 0.136. The summed E-state index contributed by atoms with van der Waals surface area (Å²) in [6.07, 6.45) is 0. The van der Waals surface area contributed by atoms with E-state index in [1.54, 1.807) is 6.07 Å². The SMILES string of the molecule is CN(C)c1ccc(-c2ccc(-c3ccc4cc(C#N)c(=N)oc4c3)o2)cc1. The van der Waals surface area contributed by atoms with Gasteiger partial charge in [0.25, 0.3) is 0 Å². The zero-order valence-corrected chi connectivity index (χ0v) is 15.0. The van der Waals surface area contributed by atoms with E-state index in [9.17, 15) is 0 Å². The maximum atomic E-state index is 9.02. The van der Waals surface area contributed by atoms with Crippen LogP contribution in [-0.2, 0) is 0 Å². The van der Waals surface area contributed by atoms with E-state index in [1.807, 2.05) is 67.5 Å². The normalized spacial score (nSPS) is 10.7. The number of furan rings is 1. The molecule has 132 valence electrons. The molecule has 2 heterocycles. The summed E-state index contributed by atoms with van der Waals surface area (Å²) in [4.78, 5) is 2.05. The minimum Gasteiger partial charge on any atom is -0.456 e. The number of nitriles is 1. The van der Waals surface area contributed by atoms with Crippen molar-refractivity contribution in [2.24, 2.45) is 0 Å². The summed E-state index contributed by atoms with van der Waals surface area (Å²) in [7, 11) is 4.01. The lowest BCUT2D eigenvalue weighted by atomic mass is 10.1. The number of hydrogen-bond donors (Lipinski definition) is 1. The van der Waals surface area contributed by atoms with Gasteiger partial charge in [-0.15, -0.1) is 0 Å². The molecule has 0 amide bonds. The predicted molar refractivity (Wildman–Crippen MR) is 104 cm³/mol. The number of fused-ring (bicyclic) bond motifs is 1. The highest BCUT2D eigenvalue weighted by Gasteiger charge is 2.10. The Hall–Kier alpha value is -3.78. The van der Waals surface area contributed by atoms with Gasteiger partial charge in [-0.2, -0.15) is 5.26 Å². The fourth-order valence-electron chi connectivity index (χ4n) is 2.94. The second-order valence-corrected chi connectivity index (χ2v) is 6.46. The minimum atomic E-state index is -0.136. The van der Waals surface area contributed by atoms with E-state index in [-0.39, 0.29) is 11.1 Å². The Morgan fingerprint density at radius 3 is 2.19 bits per heavy atom. The highest BCUT2D eigenvalue weighted by Crippen LogP contribution is 2.31. The summed E-state index contributed by atoms with van der Waals surface area (Å²) < 4.78 is 11.5. The molecule has 0 bridgehead atoms. The Balaban J connectivity index is 1.70. The van der Waals surface area contributed by atoms with Gasteiger partial charge in [0.1, 0.15) is 28.7 Å². The molecule has 5 heteroatoms. The molecule has 2 aromatic heterocycles. The monoisotopic (exact) mass is 355 g/mol. The summed E-state index contributed by atoms with van der Waals surface area (Å²) in [5, 5.41) is 17.6. The number of anilines is 1. The molecule has 0 radical (unpaired) electrons. The molecule has 2 aromatic carbocycles. The molecule has 0 aliphatic heterocycles. The van der Waals surface area contributed by atoms with Crippen LogP contribution >= 0.6 is 0 Å². The number of hydrogen-bond acceptors (Lipinski definition) is 5. The summed E-state index contributed by atoms with van der Waals surface area (Å²) in [5.74, 6) is 1.50. The lowest BCUT2D eigenvalue weighted by Gasteiger charge is -2.12. The largest absolute Gasteiger partial charge is 0.456 e. The lowest BCUT2D eigenvalue weighted by Crippen LogP contribution is -2.07. The van der Waals surface area contributed by atoms with Crippen LogP contribution in [0.4, 0.5) is 5.69 Å². The second-order valence-electron chi connectivity index (χ2n) is 6.46. The molecular weight excluding hydrogens is 338 g/mol. The maximum absolute atomic E-state index is 9.02. The molecule has 0 spiro atoms. The van der Waals surface area contributed by atoms with E-state index >= 15 is 0 Å². The number of nitrogens with one attached hydrogen (secondary N) is 1. The van der Waals surface area contributed by atoms with Crippen molar-refractivity contribution in [1.29, 1.82) is 10.7 Å². The third kappa shape index (κ3) is 3.09. The number of nitrogens with zero attached hydrogens (tertiary/aromatic N) is 2. The van der Waals surface area contributed by atoms with Crippen molar-refractivity contribution < 1.29 is 8.83 Å². The standard InChI is InChI=1S/C22H17N3O2/c1-25(2)18-7-5-14(6-8-18)19-9-10-20(26-19)16-4-3-15-11-17(13-23)22(24)27-21(15)12-16/h3-12,24H,1-2H3. The molecular formula is C22H17N3O2. The van der Waals surface area contributed by atoms with Gasteiger partial charge in [0.15, 0.2) is 0 Å². The number of rotatable bonds is 3. The predicted octanol–water partition coefficient (Wildman–Crippen LogP) is 4.78. The molecule has 0 fully saturated rings. The molecule has 0 unspecified atom stereocenters. The number of benzene rings is 2. The van der Waals surface area contributed by atoms with Gasteiger partial charge < -0.3 is 13.7 Å². The van der Waals surface area contributed by atoms with Gasteiger partial charge >= 0.3 is 0 Å². The van der Waals surface area contributed by atoms with Gasteiger partial charge in [-0.1, -0.05) is 12.1 Å². The fraction of sp³-hybridized carbons (Fsp3) is 0.0909. The topological polar surface area (TPSA) is 77.2 Å². The molecule has 5 nitrogen and oxygen atoms in total. The lowest BCUT2D eigenvalue weighted by molar-refractivity contribution is 0.530. The van der Waals surface area contributed by atoms with E-state index < -0.39 is 0 Å². The molecule has 27 heavy (non-hydrogen) atoms. The maximum Gasteiger partial charge on any atom is 0.229 e. The van der Waals surface area contributed by atoms with Crippen molar-refractivity contribution in [2.45, 2.75) is 0 Å². The zero-order chi connectivity index (χ0) is 19.0. The van der Waals surface area contributed by atoms with Crippen molar-refractivity contribution in [3.8, 4) is 28.7 Å². The van der Waals surface area contributed by atoms with Crippen LogP contribution in [0.2, 0.25) is 0 Å². The van der Waals surface area contributed by atoms with Gasteiger partial charge in [-0.25, -0.2) is 0 Å². The van der Waals surface area contributed by atoms with Crippen LogP contribution in [0.5, 0.6) is 0 Å². The quantitative estimate of drug-likeness (QED) is 0.574. The molecule has 0 saturated carbocycles. The smallest absolute Gasteiger partial charge is 0.229 e. The first-order valence-electron chi connectivity index (χ1n) is 8.46. The average Bonchev–Trinajstić information content (AvgIpc) is 3.17. The van der Waals surface area contributed by atoms with E-state index in [0.29, 0.717) is 5.58 Å². The molecule has 0 atom stereocenters. The Morgan fingerprint density at radius 2 is 1.52 bits per heavy atom. The van der Waals surface area contributed by atoms with E-state index in [4.69, 9.17) is 19.5 Å². The third-order valence-corrected chi connectivity index (χ3v) is 4.45. The van der Waals surface area contributed by atoms with Crippen molar-refractivity contribution in [3.63, 3.8) is 0 Å². The molecule has 0 aliphatic rings. The molecule has 1 N–H and O–H groups in total. The fourth-order valence-corrected chi connectivity index (χ4v) is 2.94.